The van der Waals surface area contributed by atoms with Gasteiger partial charge in [0.1, 0.15) is 18.2 Å². The monoisotopic (exact) mass is 555 g/mol. The van der Waals surface area contributed by atoms with Gasteiger partial charge in [0.15, 0.2) is 29.6 Å². The van der Waals surface area contributed by atoms with E-state index >= 15 is 0 Å². The van der Waals surface area contributed by atoms with Crippen LogP contribution in [-0.4, -0.2) is 62.2 Å². The average molecular weight is 555 g/mol. The largest absolute Gasteiger partial charge is 0.522 e. The summed E-state index contributed by atoms with van der Waals surface area (Å²) in [6.07, 6.45) is -14.4. The van der Waals surface area contributed by atoms with E-state index in [0.29, 0.717) is 10.7 Å². The van der Waals surface area contributed by atoms with Crippen LogP contribution in [0.5, 0.6) is 0 Å². The van der Waals surface area contributed by atoms with Gasteiger partial charge in [0.2, 0.25) is 0 Å². The Morgan fingerprint density at radius 3 is 2.66 bits per heavy atom. The first kappa shape index (κ1) is 27.4. The normalized spacial score (nSPS) is 20.3. The Kier molecular flexibility index (Phi) is 7.37. The molecule has 0 radical (unpaired) electrons. The van der Waals surface area contributed by atoms with Crippen molar-refractivity contribution < 1.29 is 49.7 Å². The van der Waals surface area contributed by atoms with E-state index in [-0.39, 0.29) is 35.4 Å². The highest BCUT2D eigenvalue weighted by Gasteiger charge is 2.42. The molecular weight excluding hydrogens is 535 g/mol. The Morgan fingerprint density at radius 2 is 2.00 bits per heavy atom. The minimum atomic E-state index is -4.98. The molecule has 3 atom stereocenters. The van der Waals surface area contributed by atoms with Gasteiger partial charge in [-0.05, 0) is 19.9 Å². The molecule has 4 rings (SSSR count). The molecule has 4 heterocycles. The predicted octanol–water partition coefficient (Wildman–Crippen LogP) is 4.16. The smallest absolute Gasteiger partial charge is 0.441 e. The summed E-state index contributed by atoms with van der Waals surface area (Å²) in [5.41, 5.74) is -1.75. The number of aromatic amines is 1. The third-order valence-corrected chi connectivity index (χ3v) is 5.08. The second kappa shape index (κ2) is 10.2. The van der Waals surface area contributed by atoms with E-state index < -0.39 is 55.1 Å². The van der Waals surface area contributed by atoms with Crippen LogP contribution in [0.15, 0.2) is 18.3 Å². The van der Waals surface area contributed by atoms with E-state index in [1.54, 1.807) is 13.8 Å². The molecule has 0 aliphatic carbocycles. The van der Waals surface area contributed by atoms with E-state index in [0.717, 1.165) is 6.07 Å². The Balaban J connectivity index is 1.54. The van der Waals surface area contributed by atoms with Gasteiger partial charge in [-0.25, -0.2) is 18.7 Å². The maximum Gasteiger partial charge on any atom is 0.522 e. The maximum absolute atomic E-state index is 14.9. The first-order valence-corrected chi connectivity index (χ1v) is 10.9. The van der Waals surface area contributed by atoms with E-state index in [1.165, 1.54) is 6.07 Å². The lowest BCUT2D eigenvalue weighted by molar-refractivity contribution is -0.330. The number of carbonyl (C=O) groups excluding carboxylic acids is 1. The van der Waals surface area contributed by atoms with E-state index in [2.05, 4.69) is 35.7 Å². The van der Waals surface area contributed by atoms with Crippen molar-refractivity contribution in [2.24, 2.45) is 0 Å². The van der Waals surface area contributed by atoms with Gasteiger partial charge in [0.05, 0.1) is 24.2 Å². The fourth-order valence-corrected chi connectivity index (χ4v) is 3.51. The van der Waals surface area contributed by atoms with Crippen LogP contribution in [0.2, 0.25) is 0 Å². The number of hydrogen-bond acceptors (Lipinski definition) is 8. The quantitative estimate of drug-likeness (QED) is 0.371. The fourth-order valence-electron chi connectivity index (χ4n) is 3.51. The van der Waals surface area contributed by atoms with Gasteiger partial charge in [-0.2, -0.15) is 23.4 Å². The van der Waals surface area contributed by atoms with Crippen molar-refractivity contribution in [2.75, 3.05) is 11.9 Å². The summed E-state index contributed by atoms with van der Waals surface area (Å²) in [6.45, 7) is 2.08. The summed E-state index contributed by atoms with van der Waals surface area (Å²) in [6, 6.07) is 2.05. The SMILES string of the molecule is CC(C)NC(=O)O[C@@H]1CO[C@H](c2cc(Nc3nc(C(F)(F)F)cn4nc(COC(F)(F)F)cc34)n[nH]2)[C@@H]1F. The first-order chi connectivity index (χ1) is 17.7. The summed E-state index contributed by atoms with van der Waals surface area (Å²) in [4.78, 5) is 15.3. The zero-order chi connectivity index (χ0) is 27.8. The van der Waals surface area contributed by atoms with Gasteiger partial charge in [-0.3, -0.25) is 9.84 Å². The number of anilines is 2. The van der Waals surface area contributed by atoms with Gasteiger partial charge < -0.3 is 20.1 Å². The van der Waals surface area contributed by atoms with Crippen LogP contribution >= 0.6 is 0 Å². The number of hydrogen-bond donors (Lipinski definition) is 3. The number of halogens is 7. The Bertz CT molecular complexity index is 1290. The lowest BCUT2D eigenvalue weighted by Crippen LogP contribution is -2.36. The van der Waals surface area contributed by atoms with Crippen molar-refractivity contribution in [3.05, 3.63) is 35.4 Å². The maximum atomic E-state index is 14.9. The predicted molar refractivity (Wildman–Crippen MR) is 113 cm³/mol. The molecule has 3 aromatic rings. The van der Waals surface area contributed by atoms with Gasteiger partial charge in [-0.15, -0.1) is 13.2 Å². The van der Waals surface area contributed by atoms with Crippen LogP contribution in [-0.2, 0) is 27.0 Å². The molecular formula is C20H20F7N7O4. The highest BCUT2D eigenvalue weighted by molar-refractivity contribution is 5.72. The molecule has 0 spiro atoms. The third kappa shape index (κ3) is 6.42. The molecule has 0 bridgehead atoms. The molecule has 1 aliphatic rings. The van der Waals surface area contributed by atoms with Crippen LogP contribution in [0, 0.1) is 0 Å². The standard InChI is InChI=1S/C20H20F7N7O4/c1-8(2)28-18(35)38-12-7-36-16(15(12)21)10-4-14(32-31-10)30-17-11-3-9(6-37-20(25,26)27)33-34(11)5-13(29-17)19(22,23)24/h3-5,8,12,15-16H,6-7H2,1-2H3,(H,28,35)(H2,29,30,31,32)/t12-,15-,16-/m1/s1. The number of alkyl carbamates (subject to hydrolysis) is 1. The van der Waals surface area contributed by atoms with Crippen LogP contribution < -0.4 is 10.6 Å². The molecule has 0 aromatic carbocycles. The second-order valence-electron chi connectivity index (χ2n) is 8.45. The van der Waals surface area contributed by atoms with Crippen LogP contribution in [0.1, 0.15) is 37.0 Å². The number of ether oxygens (including phenoxy) is 3. The highest BCUT2D eigenvalue weighted by atomic mass is 19.4. The molecule has 208 valence electrons. The van der Waals surface area contributed by atoms with Crippen molar-refractivity contribution in [3.8, 4) is 0 Å². The van der Waals surface area contributed by atoms with Crippen LogP contribution in [0.3, 0.4) is 0 Å². The molecule has 18 heteroatoms. The summed E-state index contributed by atoms with van der Waals surface area (Å²) in [7, 11) is 0. The molecule has 3 N–H and O–H groups in total. The summed E-state index contributed by atoms with van der Waals surface area (Å²) < 4.78 is 107. The van der Waals surface area contributed by atoms with Crippen molar-refractivity contribution in [1.82, 2.24) is 30.1 Å². The number of carbonyl (C=O) groups is 1. The van der Waals surface area contributed by atoms with Crippen molar-refractivity contribution in [2.45, 2.75) is 57.4 Å². The molecule has 1 aliphatic heterocycles. The van der Waals surface area contributed by atoms with E-state index in [9.17, 15) is 35.5 Å². The van der Waals surface area contributed by atoms with Crippen molar-refractivity contribution >= 4 is 23.2 Å². The Hall–Kier alpha value is -3.67. The number of rotatable bonds is 7. The number of amides is 1. The Morgan fingerprint density at radius 1 is 1.26 bits per heavy atom. The third-order valence-electron chi connectivity index (χ3n) is 5.08. The number of aromatic nitrogens is 5. The number of fused-ring (bicyclic) bond motifs is 1. The Labute approximate surface area is 208 Å². The number of H-pyrrole nitrogens is 1. The fraction of sp³-hybridized carbons (Fsp3) is 0.500. The zero-order valence-electron chi connectivity index (χ0n) is 19.5. The minimum absolute atomic E-state index is 0.0751. The average Bonchev–Trinajstić information content (AvgIpc) is 3.50. The highest BCUT2D eigenvalue weighted by Crippen LogP contribution is 2.35. The van der Waals surface area contributed by atoms with Gasteiger partial charge in [0, 0.05) is 12.1 Å². The molecule has 11 nitrogen and oxygen atoms in total. The second-order valence-corrected chi connectivity index (χ2v) is 8.45. The van der Waals surface area contributed by atoms with Crippen molar-refractivity contribution in [1.29, 1.82) is 0 Å². The summed E-state index contributed by atoms with van der Waals surface area (Å²) in [5.74, 6) is -0.555. The van der Waals surface area contributed by atoms with Gasteiger partial charge in [-0.1, -0.05) is 0 Å². The van der Waals surface area contributed by atoms with Crippen LogP contribution in [0.4, 0.5) is 47.2 Å². The lowest BCUT2D eigenvalue weighted by Gasteiger charge is -2.16. The summed E-state index contributed by atoms with van der Waals surface area (Å²) >= 11 is 0. The summed E-state index contributed by atoms with van der Waals surface area (Å²) in [5, 5.41) is 15.0. The molecule has 1 fully saturated rings. The number of nitrogens with one attached hydrogen (secondary N) is 3. The molecule has 0 unspecified atom stereocenters. The zero-order valence-corrected chi connectivity index (χ0v) is 19.5. The molecule has 1 amide bonds. The lowest BCUT2D eigenvalue weighted by atomic mass is 10.1. The number of nitrogens with zero attached hydrogens (tertiary/aromatic N) is 4. The van der Waals surface area contributed by atoms with Crippen molar-refractivity contribution in [3.63, 3.8) is 0 Å². The topological polar surface area (TPSA) is 128 Å². The molecule has 0 saturated carbocycles. The molecule has 38 heavy (non-hydrogen) atoms. The van der Waals surface area contributed by atoms with Gasteiger partial charge in [0.25, 0.3) is 0 Å². The van der Waals surface area contributed by atoms with E-state index in [1.807, 2.05) is 0 Å². The number of alkyl halides is 7. The molecule has 1 saturated heterocycles. The van der Waals surface area contributed by atoms with E-state index in [4.69, 9.17) is 9.47 Å². The van der Waals surface area contributed by atoms with Crippen LogP contribution in [0.25, 0.3) is 5.52 Å². The first-order valence-electron chi connectivity index (χ1n) is 10.9. The van der Waals surface area contributed by atoms with Gasteiger partial charge >= 0.3 is 18.6 Å². The molecule has 3 aromatic heterocycles. The minimum Gasteiger partial charge on any atom is -0.441 e.